The Morgan fingerprint density at radius 2 is 2.00 bits per heavy atom. The maximum atomic E-state index is 11.4. The quantitative estimate of drug-likeness (QED) is 0.390. The molecular formula is C10H8N2O3S. The summed E-state index contributed by atoms with van der Waals surface area (Å²) in [6, 6.07) is 6.43. The first-order valence-corrected chi connectivity index (χ1v) is 5.22. The van der Waals surface area contributed by atoms with Crippen LogP contribution >= 0.6 is 11.8 Å². The summed E-state index contributed by atoms with van der Waals surface area (Å²) in [5, 5.41) is 23.1. The molecule has 1 saturated heterocycles. The monoisotopic (exact) mass is 236 g/mol. The minimum atomic E-state index is -0.300. The number of amidine groups is 1. The zero-order chi connectivity index (χ0) is 11.5. The molecule has 82 valence electrons. The van der Waals surface area contributed by atoms with Crippen LogP contribution in [0, 0.1) is 0 Å². The van der Waals surface area contributed by atoms with E-state index in [9.17, 15) is 4.79 Å². The van der Waals surface area contributed by atoms with Crippen molar-refractivity contribution in [3.8, 4) is 5.75 Å². The van der Waals surface area contributed by atoms with Crippen molar-refractivity contribution in [2.75, 3.05) is 0 Å². The molecule has 3 N–H and O–H groups in total. The van der Waals surface area contributed by atoms with Gasteiger partial charge in [-0.25, -0.2) is 0 Å². The number of nitrogens with zero attached hydrogens (tertiary/aromatic N) is 1. The summed E-state index contributed by atoms with van der Waals surface area (Å²) >= 11 is 1.06. The zero-order valence-corrected chi connectivity index (χ0v) is 8.86. The lowest BCUT2D eigenvalue weighted by molar-refractivity contribution is -0.115. The number of oxime groups is 1. The van der Waals surface area contributed by atoms with Gasteiger partial charge in [-0.05, 0) is 35.5 Å². The van der Waals surface area contributed by atoms with Crippen molar-refractivity contribution in [2.45, 2.75) is 0 Å². The Balaban J connectivity index is 2.25. The first kappa shape index (κ1) is 10.6. The van der Waals surface area contributed by atoms with Gasteiger partial charge < -0.3 is 10.3 Å². The van der Waals surface area contributed by atoms with E-state index in [1.807, 2.05) is 0 Å². The van der Waals surface area contributed by atoms with Crippen molar-refractivity contribution in [1.82, 2.24) is 5.32 Å². The van der Waals surface area contributed by atoms with Gasteiger partial charge in [0.15, 0.2) is 0 Å². The number of amides is 1. The zero-order valence-electron chi connectivity index (χ0n) is 8.04. The average Bonchev–Trinajstić information content (AvgIpc) is 2.63. The number of carbonyl (C=O) groups excluding carboxylic acids is 1. The second kappa shape index (κ2) is 4.28. The molecule has 1 aliphatic rings. The molecule has 0 unspecified atom stereocenters. The Morgan fingerprint density at radius 1 is 1.31 bits per heavy atom. The highest BCUT2D eigenvalue weighted by Crippen LogP contribution is 2.26. The molecule has 2 rings (SSSR count). The van der Waals surface area contributed by atoms with Gasteiger partial charge in [0, 0.05) is 0 Å². The van der Waals surface area contributed by atoms with Crippen LogP contribution in [0.2, 0.25) is 0 Å². The smallest absolute Gasteiger partial charge is 0.264 e. The Hall–Kier alpha value is -1.95. The van der Waals surface area contributed by atoms with Crippen molar-refractivity contribution in [3.05, 3.63) is 34.7 Å². The van der Waals surface area contributed by atoms with Gasteiger partial charge in [0.25, 0.3) is 5.91 Å². The number of phenols is 1. The Bertz CT molecular complexity index is 479. The van der Waals surface area contributed by atoms with Gasteiger partial charge in [0.05, 0.1) is 4.91 Å². The van der Waals surface area contributed by atoms with Crippen LogP contribution in [0.5, 0.6) is 5.75 Å². The molecule has 1 aromatic rings. The lowest BCUT2D eigenvalue weighted by atomic mass is 10.2. The van der Waals surface area contributed by atoms with Crippen LogP contribution in [-0.2, 0) is 4.79 Å². The number of rotatable bonds is 1. The van der Waals surface area contributed by atoms with Gasteiger partial charge in [0.2, 0.25) is 5.17 Å². The van der Waals surface area contributed by atoms with E-state index in [1.54, 1.807) is 18.2 Å². The van der Waals surface area contributed by atoms with Gasteiger partial charge in [-0.15, -0.1) is 0 Å². The van der Waals surface area contributed by atoms with E-state index in [-0.39, 0.29) is 16.8 Å². The molecule has 0 aromatic heterocycles. The maximum absolute atomic E-state index is 11.4. The largest absolute Gasteiger partial charge is 0.508 e. The van der Waals surface area contributed by atoms with E-state index < -0.39 is 0 Å². The topological polar surface area (TPSA) is 81.9 Å². The second-order valence-electron chi connectivity index (χ2n) is 3.06. The molecule has 0 spiro atoms. The first-order chi connectivity index (χ1) is 7.69. The fourth-order valence-corrected chi connectivity index (χ4v) is 1.93. The van der Waals surface area contributed by atoms with Gasteiger partial charge in [-0.3, -0.25) is 10.1 Å². The summed E-state index contributed by atoms with van der Waals surface area (Å²) in [7, 11) is 0. The molecule has 1 heterocycles. The molecule has 16 heavy (non-hydrogen) atoms. The van der Waals surface area contributed by atoms with Crippen LogP contribution in [0.15, 0.2) is 34.3 Å². The highest BCUT2D eigenvalue weighted by Gasteiger charge is 2.23. The maximum Gasteiger partial charge on any atom is 0.264 e. The molecule has 0 bridgehead atoms. The van der Waals surface area contributed by atoms with E-state index in [1.165, 1.54) is 12.1 Å². The lowest BCUT2D eigenvalue weighted by Gasteiger charge is -1.95. The Labute approximate surface area is 95.5 Å². The number of hydrogen-bond acceptors (Lipinski definition) is 5. The summed E-state index contributed by atoms with van der Waals surface area (Å²) in [5.74, 6) is -0.130. The first-order valence-electron chi connectivity index (χ1n) is 4.41. The molecule has 0 radical (unpaired) electrons. The predicted octanol–water partition coefficient (Wildman–Crippen LogP) is 1.34. The van der Waals surface area contributed by atoms with Crippen molar-refractivity contribution in [1.29, 1.82) is 0 Å². The normalized spacial score (nSPS) is 20.4. The molecule has 5 nitrogen and oxygen atoms in total. The minimum absolute atomic E-state index is 0.162. The molecule has 1 fully saturated rings. The van der Waals surface area contributed by atoms with Crippen molar-refractivity contribution >= 4 is 28.9 Å². The standard InChI is InChI=1S/C10H8N2O3S/c13-7-3-1-6(2-4-7)5-8-9(14)11-10(12-15)16-8/h1-5,13,15H,(H,11,12,14)/b8-5-. The summed E-state index contributed by atoms with van der Waals surface area (Å²) in [5.41, 5.74) is 0.787. The summed E-state index contributed by atoms with van der Waals surface area (Å²) in [6.45, 7) is 0. The van der Waals surface area contributed by atoms with Crippen LogP contribution < -0.4 is 5.32 Å². The second-order valence-corrected chi connectivity index (χ2v) is 4.09. The molecule has 6 heteroatoms. The minimum Gasteiger partial charge on any atom is -0.508 e. The number of phenolic OH excluding ortho intramolecular Hbond substituents is 1. The van der Waals surface area contributed by atoms with Crippen molar-refractivity contribution in [2.24, 2.45) is 5.16 Å². The van der Waals surface area contributed by atoms with E-state index in [2.05, 4.69) is 10.5 Å². The van der Waals surface area contributed by atoms with Crippen LogP contribution in [0.1, 0.15) is 5.56 Å². The number of aromatic hydroxyl groups is 1. The lowest BCUT2D eigenvalue weighted by Crippen LogP contribution is -2.19. The number of nitrogens with one attached hydrogen (secondary N) is 1. The fraction of sp³-hybridized carbons (Fsp3) is 0. The summed E-state index contributed by atoms with van der Waals surface area (Å²) in [4.78, 5) is 11.8. The van der Waals surface area contributed by atoms with Gasteiger partial charge >= 0.3 is 0 Å². The summed E-state index contributed by atoms with van der Waals surface area (Å²) < 4.78 is 0. The number of thioether (sulfide) groups is 1. The summed E-state index contributed by atoms with van der Waals surface area (Å²) in [6.07, 6.45) is 1.65. The predicted molar refractivity (Wildman–Crippen MR) is 61.0 cm³/mol. The molecular weight excluding hydrogens is 228 g/mol. The molecule has 0 saturated carbocycles. The van der Waals surface area contributed by atoms with E-state index in [0.29, 0.717) is 4.91 Å². The van der Waals surface area contributed by atoms with E-state index >= 15 is 0 Å². The van der Waals surface area contributed by atoms with Crippen LogP contribution in [0.25, 0.3) is 6.08 Å². The third-order valence-corrected chi connectivity index (χ3v) is 2.83. The molecule has 0 atom stereocenters. The number of benzene rings is 1. The van der Waals surface area contributed by atoms with E-state index in [4.69, 9.17) is 10.3 Å². The van der Waals surface area contributed by atoms with Crippen LogP contribution in [0.4, 0.5) is 0 Å². The highest BCUT2D eigenvalue weighted by atomic mass is 32.2. The van der Waals surface area contributed by atoms with Gasteiger partial charge in [0.1, 0.15) is 5.75 Å². The molecule has 1 aliphatic heterocycles. The SMILES string of the molecule is O=C1N/C(=N\O)S/C1=C\c1ccc(O)cc1. The van der Waals surface area contributed by atoms with Gasteiger partial charge in [-0.1, -0.05) is 17.3 Å². The number of carbonyl (C=O) groups is 1. The number of hydrogen-bond donors (Lipinski definition) is 3. The molecule has 1 amide bonds. The van der Waals surface area contributed by atoms with Crippen LogP contribution in [0.3, 0.4) is 0 Å². The van der Waals surface area contributed by atoms with Crippen LogP contribution in [-0.4, -0.2) is 21.4 Å². The third kappa shape index (κ3) is 2.17. The fourth-order valence-electron chi connectivity index (χ4n) is 1.20. The van der Waals surface area contributed by atoms with E-state index in [0.717, 1.165) is 17.3 Å². The highest BCUT2D eigenvalue weighted by molar-refractivity contribution is 8.18. The Morgan fingerprint density at radius 3 is 2.56 bits per heavy atom. The van der Waals surface area contributed by atoms with Crippen molar-refractivity contribution in [3.63, 3.8) is 0 Å². The molecule has 1 aromatic carbocycles. The average molecular weight is 236 g/mol. The van der Waals surface area contributed by atoms with Gasteiger partial charge in [-0.2, -0.15) is 0 Å². The molecule has 0 aliphatic carbocycles. The Kier molecular flexibility index (Phi) is 2.82. The van der Waals surface area contributed by atoms with Crippen molar-refractivity contribution < 1.29 is 15.1 Å². The third-order valence-electron chi connectivity index (χ3n) is 1.93.